The van der Waals surface area contributed by atoms with E-state index in [4.69, 9.17) is 4.74 Å². The van der Waals surface area contributed by atoms with Crippen molar-refractivity contribution in [2.24, 2.45) is 11.8 Å². The van der Waals surface area contributed by atoms with Gasteiger partial charge in [-0.1, -0.05) is 18.2 Å². The Morgan fingerprint density at radius 1 is 1.15 bits per heavy atom. The maximum absolute atomic E-state index is 12.7. The van der Waals surface area contributed by atoms with Crippen LogP contribution >= 0.6 is 0 Å². The third-order valence-electron chi connectivity index (χ3n) is 5.39. The van der Waals surface area contributed by atoms with Crippen LogP contribution in [0, 0.1) is 11.8 Å². The van der Waals surface area contributed by atoms with Crippen LogP contribution in [0.4, 0.5) is 5.69 Å². The van der Waals surface area contributed by atoms with E-state index >= 15 is 0 Å². The number of carbonyl (C=O) groups is 3. The molecule has 6 heteroatoms. The van der Waals surface area contributed by atoms with Gasteiger partial charge in [-0.15, -0.1) is 0 Å². The molecule has 1 aromatic rings. The lowest BCUT2D eigenvalue weighted by molar-refractivity contribution is -0.122. The lowest BCUT2D eigenvalue weighted by atomic mass is 9.85. The first-order chi connectivity index (χ1) is 12.6. The molecule has 3 aliphatic rings. The summed E-state index contributed by atoms with van der Waals surface area (Å²) in [4.78, 5) is 39.0. The number of carbonyl (C=O) groups excluding carboxylic acids is 3. The number of ether oxygens (including phenoxy) is 1. The van der Waals surface area contributed by atoms with E-state index in [1.807, 2.05) is 12.2 Å². The van der Waals surface area contributed by atoms with Gasteiger partial charge in [-0.25, -0.2) is 0 Å². The molecule has 1 aliphatic carbocycles. The third-order valence-corrected chi connectivity index (χ3v) is 5.39. The van der Waals surface area contributed by atoms with Crippen LogP contribution < -0.4 is 10.2 Å². The van der Waals surface area contributed by atoms with E-state index in [1.54, 1.807) is 24.3 Å². The quantitative estimate of drug-likeness (QED) is 0.663. The molecule has 4 rings (SSSR count). The zero-order chi connectivity index (χ0) is 18.1. The minimum atomic E-state index is -0.274. The number of hydrogen-bond acceptors (Lipinski definition) is 4. The number of hydrogen-bond donors (Lipinski definition) is 1. The number of fused-ring (bicyclic) bond motifs is 1. The first kappa shape index (κ1) is 17.0. The van der Waals surface area contributed by atoms with Crippen LogP contribution in [0.1, 0.15) is 36.0 Å². The van der Waals surface area contributed by atoms with Crippen molar-refractivity contribution in [3.05, 3.63) is 42.0 Å². The molecule has 0 bridgehead atoms. The van der Waals surface area contributed by atoms with E-state index in [0.717, 1.165) is 19.4 Å². The Balaban J connectivity index is 1.49. The monoisotopic (exact) mass is 354 g/mol. The Hall–Kier alpha value is -2.47. The fourth-order valence-electron chi connectivity index (χ4n) is 3.95. The first-order valence-corrected chi connectivity index (χ1v) is 9.18. The van der Waals surface area contributed by atoms with Crippen LogP contribution in [0.3, 0.4) is 0 Å². The maximum atomic E-state index is 12.7. The lowest BCUT2D eigenvalue weighted by Crippen LogP contribution is -2.33. The van der Waals surface area contributed by atoms with Crippen LogP contribution in [0.2, 0.25) is 0 Å². The molecule has 2 heterocycles. The van der Waals surface area contributed by atoms with Crippen LogP contribution in [0.15, 0.2) is 36.4 Å². The molecule has 1 aromatic carbocycles. The Morgan fingerprint density at radius 2 is 1.88 bits per heavy atom. The molecule has 2 aliphatic heterocycles. The van der Waals surface area contributed by atoms with Crippen LogP contribution in [-0.2, 0) is 14.3 Å². The predicted molar refractivity (Wildman–Crippen MR) is 95.6 cm³/mol. The summed E-state index contributed by atoms with van der Waals surface area (Å²) in [6.45, 7) is 1.22. The molecule has 2 saturated heterocycles. The van der Waals surface area contributed by atoms with Crippen LogP contribution in [0.5, 0.6) is 0 Å². The van der Waals surface area contributed by atoms with Gasteiger partial charge in [-0.2, -0.15) is 0 Å². The van der Waals surface area contributed by atoms with Crippen LogP contribution in [-0.4, -0.2) is 37.0 Å². The molecule has 6 nitrogen and oxygen atoms in total. The van der Waals surface area contributed by atoms with E-state index in [2.05, 4.69) is 5.32 Å². The molecule has 26 heavy (non-hydrogen) atoms. The van der Waals surface area contributed by atoms with Crippen molar-refractivity contribution in [3.8, 4) is 0 Å². The molecular formula is C20H22N2O4. The van der Waals surface area contributed by atoms with Gasteiger partial charge < -0.3 is 10.1 Å². The predicted octanol–water partition coefficient (Wildman–Crippen LogP) is 2.05. The molecule has 0 aromatic heterocycles. The smallest absolute Gasteiger partial charge is 0.251 e. The fraction of sp³-hybridized carbons (Fsp3) is 0.450. The number of allylic oxidation sites excluding steroid dienone is 2. The Labute approximate surface area is 152 Å². The van der Waals surface area contributed by atoms with Gasteiger partial charge in [0.15, 0.2) is 0 Å². The SMILES string of the molecule is O=C(NC[C@@H]1CCCO1)c1cccc(N2C(=O)[C@H]3CC=CC[C@H]3C2=O)c1. The lowest BCUT2D eigenvalue weighted by Gasteiger charge is -2.16. The fourth-order valence-corrected chi connectivity index (χ4v) is 3.95. The summed E-state index contributed by atoms with van der Waals surface area (Å²) in [5, 5.41) is 2.87. The third kappa shape index (κ3) is 3.05. The second kappa shape index (κ2) is 7.03. The Kier molecular flexibility index (Phi) is 4.59. The van der Waals surface area contributed by atoms with E-state index in [-0.39, 0.29) is 35.7 Å². The highest BCUT2D eigenvalue weighted by Gasteiger charge is 2.47. The summed E-state index contributed by atoms with van der Waals surface area (Å²) in [7, 11) is 0. The minimum absolute atomic E-state index is 0.0690. The van der Waals surface area contributed by atoms with Gasteiger partial charge in [-0.05, 0) is 43.9 Å². The van der Waals surface area contributed by atoms with Gasteiger partial charge in [0.05, 0.1) is 23.6 Å². The van der Waals surface area contributed by atoms with Crippen molar-refractivity contribution in [1.29, 1.82) is 0 Å². The first-order valence-electron chi connectivity index (χ1n) is 9.18. The van der Waals surface area contributed by atoms with E-state index in [0.29, 0.717) is 30.6 Å². The summed E-state index contributed by atoms with van der Waals surface area (Å²) in [5.74, 6) is -1.10. The van der Waals surface area contributed by atoms with Crippen LogP contribution in [0.25, 0.3) is 0 Å². The van der Waals surface area contributed by atoms with E-state index < -0.39 is 0 Å². The second-order valence-corrected chi connectivity index (χ2v) is 7.06. The number of nitrogens with one attached hydrogen (secondary N) is 1. The van der Waals surface area contributed by atoms with E-state index in [9.17, 15) is 14.4 Å². The zero-order valence-corrected chi connectivity index (χ0v) is 14.5. The molecule has 2 fully saturated rings. The topological polar surface area (TPSA) is 75.7 Å². The molecule has 3 atom stereocenters. The molecule has 1 N–H and O–H groups in total. The van der Waals surface area contributed by atoms with E-state index in [1.165, 1.54) is 4.90 Å². The molecule has 0 saturated carbocycles. The van der Waals surface area contributed by atoms with Gasteiger partial charge in [0.1, 0.15) is 0 Å². The number of benzene rings is 1. The average Bonchev–Trinajstić information content (AvgIpc) is 3.27. The van der Waals surface area contributed by atoms with Gasteiger partial charge in [0.25, 0.3) is 5.91 Å². The van der Waals surface area contributed by atoms with Gasteiger partial charge in [0, 0.05) is 18.7 Å². The number of imide groups is 1. The van der Waals surface area contributed by atoms with Crippen molar-refractivity contribution in [3.63, 3.8) is 0 Å². The second-order valence-electron chi connectivity index (χ2n) is 7.06. The van der Waals surface area contributed by atoms with Gasteiger partial charge >= 0.3 is 0 Å². The summed E-state index contributed by atoms with van der Waals surface area (Å²) in [5.41, 5.74) is 0.910. The number of rotatable bonds is 4. The highest BCUT2D eigenvalue weighted by Crippen LogP contribution is 2.37. The van der Waals surface area contributed by atoms with Crippen molar-refractivity contribution in [2.45, 2.75) is 31.8 Å². The normalized spacial score (nSPS) is 27.7. The molecular weight excluding hydrogens is 332 g/mol. The van der Waals surface area contributed by atoms with Crippen molar-refractivity contribution in [1.82, 2.24) is 5.32 Å². The largest absolute Gasteiger partial charge is 0.376 e. The maximum Gasteiger partial charge on any atom is 0.251 e. The number of nitrogens with zero attached hydrogens (tertiary/aromatic N) is 1. The van der Waals surface area contributed by atoms with Gasteiger partial charge in [-0.3, -0.25) is 19.3 Å². The molecule has 0 unspecified atom stereocenters. The van der Waals surface area contributed by atoms with Gasteiger partial charge in [0.2, 0.25) is 11.8 Å². The molecule has 0 spiro atoms. The molecule has 3 amide bonds. The summed E-state index contributed by atoms with van der Waals surface area (Å²) < 4.78 is 5.51. The number of amides is 3. The summed E-state index contributed by atoms with van der Waals surface area (Å²) in [6.07, 6.45) is 7.18. The van der Waals surface area contributed by atoms with Crippen molar-refractivity contribution in [2.75, 3.05) is 18.1 Å². The average molecular weight is 354 g/mol. The highest BCUT2D eigenvalue weighted by molar-refractivity contribution is 6.22. The standard InChI is InChI=1S/C20H22N2O4/c23-18(21-12-15-7-4-10-26-15)13-5-3-6-14(11-13)22-19(24)16-8-1-2-9-17(16)20(22)25/h1-3,5-6,11,15-17H,4,7-10,12H2,(H,21,23)/t15-,16-,17+/m0/s1. The zero-order valence-electron chi connectivity index (χ0n) is 14.5. The summed E-state index contributed by atoms with van der Waals surface area (Å²) >= 11 is 0. The van der Waals surface area contributed by atoms with Crippen molar-refractivity contribution < 1.29 is 19.1 Å². The number of anilines is 1. The highest BCUT2D eigenvalue weighted by atomic mass is 16.5. The van der Waals surface area contributed by atoms with Crippen molar-refractivity contribution >= 4 is 23.4 Å². The minimum Gasteiger partial charge on any atom is -0.376 e. The Morgan fingerprint density at radius 3 is 2.54 bits per heavy atom. The molecule has 0 radical (unpaired) electrons. The Bertz CT molecular complexity index is 741. The summed E-state index contributed by atoms with van der Waals surface area (Å²) in [6, 6.07) is 6.72. The molecule has 136 valence electrons.